The van der Waals surface area contributed by atoms with Crippen LogP contribution >= 0.6 is 15.9 Å². The van der Waals surface area contributed by atoms with E-state index in [-0.39, 0.29) is 12.5 Å². The molecule has 0 radical (unpaired) electrons. The van der Waals surface area contributed by atoms with E-state index in [0.29, 0.717) is 0 Å². The van der Waals surface area contributed by atoms with Crippen molar-refractivity contribution in [3.8, 4) is 0 Å². The van der Waals surface area contributed by atoms with Crippen LogP contribution in [0.3, 0.4) is 0 Å². The maximum Gasteiger partial charge on any atom is 0.265 e. The van der Waals surface area contributed by atoms with Crippen molar-refractivity contribution in [3.05, 3.63) is 58.1 Å². The van der Waals surface area contributed by atoms with Gasteiger partial charge in [-0.3, -0.25) is 4.79 Å². The van der Waals surface area contributed by atoms with Gasteiger partial charge in [0.25, 0.3) is 5.91 Å². The number of amides is 1. The van der Waals surface area contributed by atoms with Crippen LogP contribution in [0.4, 0.5) is 11.4 Å². The SMILES string of the molecule is Cc1cc(Br)ccc1NC(=O)CO/N=C/c1ccc(N2CCOCC2)cc1. The molecular weight excluding hydrogens is 410 g/mol. The highest BCUT2D eigenvalue weighted by atomic mass is 79.9. The van der Waals surface area contributed by atoms with Gasteiger partial charge in [-0.05, 0) is 48.4 Å². The Labute approximate surface area is 167 Å². The van der Waals surface area contributed by atoms with Gasteiger partial charge < -0.3 is 19.8 Å². The number of nitrogens with zero attached hydrogens (tertiary/aromatic N) is 2. The van der Waals surface area contributed by atoms with E-state index in [1.807, 2.05) is 37.3 Å². The van der Waals surface area contributed by atoms with Crippen molar-refractivity contribution in [2.45, 2.75) is 6.92 Å². The molecule has 3 rings (SSSR count). The van der Waals surface area contributed by atoms with Crippen LogP contribution in [0.15, 0.2) is 52.1 Å². The third kappa shape index (κ3) is 5.80. The van der Waals surface area contributed by atoms with Gasteiger partial charge in [0.2, 0.25) is 0 Å². The summed E-state index contributed by atoms with van der Waals surface area (Å²) in [5.41, 5.74) is 3.81. The number of hydrogen-bond acceptors (Lipinski definition) is 5. The summed E-state index contributed by atoms with van der Waals surface area (Å²) in [5.74, 6) is -0.250. The minimum atomic E-state index is -0.250. The number of morpholine rings is 1. The molecule has 2 aromatic carbocycles. The fourth-order valence-electron chi connectivity index (χ4n) is 2.74. The number of carbonyl (C=O) groups is 1. The molecule has 27 heavy (non-hydrogen) atoms. The average molecular weight is 432 g/mol. The standard InChI is InChI=1S/C20H22BrN3O3/c1-15-12-17(21)4-7-19(15)23-20(25)14-27-22-13-16-2-5-18(6-3-16)24-8-10-26-11-9-24/h2-7,12-13H,8-11,14H2,1H3,(H,23,25)/b22-13+. The molecule has 0 atom stereocenters. The third-order valence-corrected chi connectivity index (χ3v) is 4.70. The highest BCUT2D eigenvalue weighted by molar-refractivity contribution is 9.10. The second kappa shape index (κ2) is 9.53. The topological polar surface area (TPSA) is 63.2 Å². The van der Waals surface area contributed by atoms with Gasteiger partial charge >= 0.3 is 0 Å². The lowest BCUT2D eigenvalue weighted by Crippen LogP contribution is -2.36. The monoisotopic (exact) mass is 431 g/mol. The van der Waals surface area contributed by atoms with Gasteiger partial charge in [0.15, 0.2) is 6.61 Å². The number of carbonyl (C=O) groups excluding carboxylic acids is 1. The van der Waals surface area contributed by atoms with E-state index in [1.54, 1.807) is 6.21 Å². The fourth-order valence-corrected chi connectivity index (χ4v) is 3.22. The molecule has 1 heterocycles. The largest absolute Gasteiger partial charge is 0.386 e. The molecule has 0 bridgehead atoms. The van der Waals surface area contributed by atoms with E-state index in [2.05, 4.69) is 43.4 Å². The van der Waals surface area contributed by atoms with Gasteiger partial charge in [0, 0.05) is 28.9 Å². The Morgan fingerprint density at radius 1 is 1.26 bits per heavy atom. The summed E-state index contributed by atoms with van der Waals surface area (Å²) in [4.78, 5) is 19.3. The number of nitrogens with one attached hydrogen (secondary N) is 1. The van der Waals surface area contributed by atoms with E-state index in [0.717, 1.165) is 47.6 Å². The Kier molecular flexibility index (Phi) is 6.84. The molecule has 0 spiro atoms. The van der Waals surface area contributed by atoms with Crippen molar-refractivity contribution in [1.82, 2.24) is 0 Å². The summed E-state index contributed by atoms with van der Waals surface area (Å²) in [6.07, 6.45) is 1.60. The molecule has 1 aliphatic rings. The van der Waals surface area contributed by atoms with Crippen LogP contribution < -0.4 is 10.2 Å². The second-order valence-electron chi connectivity index (χ2n) is 6.21. The van der Waals surface area contributed by atoms with Crippen LogP contribution in [0, 0.1) is 6.92 Å². The summed E-state index contributed by atoms with van der Waals surface area (Å²) in [6.45, 7) is 5.13. The molecule has 1 N–H and O–H groups in total. The lowest BCUT2D eigenvalue weighted by atomic mass is 10.2. The molecule has 1 aliphatic heterocycles. The normalized spacial score (nSPS) is 14.4. The minimum Gasteiger partial charge on any atom is -0.386 e. The van der Waals surface area contributed by atoms with Gasteiger partial charge in [0.05, 0.1) is 19.4 Å². The number of anilines is 2. The first-order chi connectivity index (χ1) is 13.1. The predicted octanol–water partition coefficient (Wildman–Crippen LogP) is 3.58. The molecular formula is C20H22BrN3O3. The first-order valence-corrected chi connectivity index (χ1v) is 9.55. The van der Waals surface area contributed by atoms with E-state index in [4.69, 9.17) is 9.57 Å². The number of benzene rings is 2. The predicted molar refractivity (Wildman–Crippen MR) is 111 cm³/mol. The number of oxime groups is 1. The number of halogens is 1. The molecule has 1 fully saturated rings. The van der Waals surface area contributed by atoms with Crippen molar-refractivity contribution in [3.63, 3.8) is 0 Å². The van der Waals surface area contributed by atoms with Crippen molar-refractivity contribution in [2.75, 3.05) is 43.1 Å². The van der Waals surface area contributed by atoms with Gasteiger partial charge in [-0.25, -0.2) is 0 Å². The summed E-state index contributed by atoms with van der Waals surface area (Å²) >= 11 is 3.40. The molecule has 0 unspecified atom stereocenters. The van der Waals surface area contributed by atoms with Crippen LogP contribution in [0.2, 0.25) is 0 Å². The molecule has 1 saturated heterocycles. The Balaban J connectivity index is 1.45. The lowest BCUT2D eigenvalue weighted by Gasteiger charge is -2.28. The summed E-state index contributed by atoms with van der Waals surface area (Å²) in [7, 11) is 0. The minimum absolute atomic E-state index is 0.141. The van der Waals surface area contributed by atoms with E-state index >= 15 is 0 Å². The van der Waals surface area contributed by atoms with Crippen LogP contribution in [0.1, 0.15) is 11.1 Å². The van der Waals surface area contributed by atoms with Crippen LogP contribution in [0.5, 0.6) is 0 Å². The molecule has 7 heteroatoms. The average Bonchev–Trinajstić information content (AvgIpc) is 2.69. The number of hydrogen-bond donors (Lipinski definition) is 1. The van der Waals surface area contributed by atoms with Crippen LogP contribution in [-0.2, 0) is 14.4 Å². The number of aryl methyl sites for hydroxylation is 1. The summed E-state index contributed by atoms with van der Waals surface area (Å²) < 4.78 is 6.34. The van der Waals surface area contributed by atoms with Gasteiger partial charge in [-0.1, -0.05) is 33.2 Å². The molecule has 1 amide bonds. The lowest BCUT2D eigenvalue weighted by molar-refractivity contribution is -0.120. The highest BCUT2D eigenvalue weighted by Gasteiger charge is 2.10. The zero-order chi connectivity index (χ0) is 19.1. The summed E-state index contributed by atoms with van der Waals surface area (Å²) in [5, 5.41) is 6.68. The van der Waals surface area contributed by atoms with Crippen LogP contribution in [0.25, 0.3) is 0 Å². The van der Waals surface area contributed by atoms with Crippen molar-refractivity contribution in [2.24, 2.45) is 5.16 Å². The smallest absolute Gasteiger partial charge is 0.265 e. The van der Waals surface area contributed by atoms with Crippen molar-refractivity contribution < 1.29 is 14.4 Å². The first kappa shape index (κ1) is 19.4. The van der Waals surface area contributed by atoms with E-state index < -0.39 is 0 Å². The molecule has 142 valence electrons. The maximum atomic E-state index is 11.9. The molecule has 6 nitrogen and oxygen atoms in total. The molecule has 0 aromatic heterocycles. The van der Waals surface area contributed by atoms with Crippen molar-refractivity contribution in [1.29, 1.82) is 0 Å². The molecule has 2 aromatic rings. The Morgan fingerprint density at radius 2 is 2.00 bits per heavy atom. The molecule has 0 aliphatic carbocycles. The first-order valence-electron chi connectivity index (χ1n) is 8.76. The number of rotatable bonds is 6. The third-order valence-electron chi connectivity index (χ3n) is 4.20. The van der Waals surface area contributed by atoms with Gasteiger partial charge in [0.1, 0.15) is 0 Å². The zero-order valence-corrected chi connectivity index (χ0v) is 16.7. The second-order valence-corrected chi connectivity index (χ2v) is 7.12. The Bertz CT molecular complexity index is 803. The van der Waals surface area contributed by atoms with E-state index in [1.165, 1.54) is 5.69 Å². The summed E-state index contributed by atoms with van der Waals surface area (Å²) in [6, 6.07) is 13.7. The maximum absolute atomic E-state index is 11.9. The van der Waals surface area contributed by atoms with Crippen LogP contribution in [-0.4, -0.2) is 45.0 Å². The van der Waals surface area contributed by atoms with Gasteiger partial charge in [-0.2, -0.15) is 0 Å². The Hall–Kier alpha value is -2.38. The fraction of sp³-hybridized carbons (Fsp3) is 0.300. The highest BCUT2D eigenvalue weighted by Crippen LogP contribution is 2.20. The van der Waals surface area contributed by atoms with E-state index in [9.17, 15) is 4.79 Å². The molecule has 0 saturated carbocycles. The quantitative estimate of drug-likeness (QED) is 0.560. The zero-order valence-electron chi connectivity index (χ0n) is 15.2. The number of ether oxygens (including phenoxy) is 1. The van der Waals surface area contributed by atoms with Gasteiger partial charge in [-0.15, -0.1) is 0 Å². The Morgan fingerprint density at radius 3 is 2.70 bits per heavy atom. The van der Waals surface area contributed by atoms with Crippen molar-refractivity contribution >= 4 is 39.4 Å².